The highest BCUT2D eigenvalue weighted by Crippen LogP contribution is 2.48. The van der Waals surface area contributed by atoms with Crippen LogP contribution in [0.15, 0.2) is 30.3 Å². The molecule has 0 aromatic heterocycles. The van der Waals surface area contributed by atoms with E-state index in [-0.39, 0.29) is 18.6 Å². The van der Waals surface area contributed by atoms with Gasteiger partial charge in [-0.2, -0.15) is 11.8 Å². The van der Waals surface area contributed by atoms with E-state index in [4.69, 9.17) is 0 Å². The lowest BCUT2D eigenvalue weighted by Gasteiger charge is -2.40. The van der Waals surface area contributed by atoms with E-state index in [1.807, 2.05) is 0 Å². The van der Waals surface area contributed by atoms with Crippen LogP contribution in [-0.4, -0.2) is 28.5 Å². The van der Waals surface area contributed by atoms with E-state index in [0.717, 1.165) is 0 Å². The summed E-state index contributed by atoms with van der Waals surface area (Å²) in [6, 6.07) is 8.64. The van der Waals surface area contributed by atoms with Crippen molar-refractivity contribution in [3.8, 4) is 0 Å². The van der Waals surface area contributed by atoms with Gasteiger partial charge in [-0.3, -0.25) is 4.79 Å². The zero-order valence-corrected chi connectivity index (χ0v) is 10.6. The molecule has 1 heterocycles. The average molecular weight is 272 g/mol. The van der Waals surface area contributed by atoms with Crippen LogP contribution in [0, 0.1) is 5.41 Å². The predicted octanol–water partition coefficient (Wildman–Crippen LogP) is 3.07. The van der Waals surface area contributed by atoms with Gasteiger partial charge in [0.05, 0.1) is 0 Å². The Morgan fingerprint density at radius 1 is 1.33 bits per heavy atom. The van der Waals surface area contributed by atoms with Crippen LogP contribution in [0.4, 0.5) is 8.78 Å². The zero-order valence-electron chi connectivity index (χ0n) is 9.73. The smallest absolute Gasteiger partial charge is 0.316 e. The summed E-state index contributed by atoms with van der Waals surface area (Å²) < 4.78 is 28.1. The summed E-state index contributed by atoms with van der Waals surface area (Å²) in [7, 11) is 0. The molecule has 1 saturated heterocycles. The van der Waals surface area contributed by atoms with Crippen LogP contribution in [0.3, 0.4) is 0 Å². The molecule has 1 aliphatic heterocycles. The SMILES string of the molecule is O=C(O)C1(Cc2ccccc2)CSCCC1(F)F. The lowest BCUT2D eigenvalue weighted by Crippen LogP contribution is -2.53. The first kappa shape index (κ1) is 13.3. The highest BCUT2D eigenvalue weighted by molar-refractivity contribution is 7.99. The third-order valence-corrected chi connectivity index (χ3v) is 4.56. The minimum atomic E-state index is -3.15. The first-order valence-corrected chi connectivity index (χ1v) is 6.86. The molecular formula is C13H14F2O2S. The molecule has 0 radical (unpaired) electrons. The van der Waals surface area contributed by atoms with E-state index in [1.54, 1.807) is 30.3 Å². The number of carboxylic acids is 1. The molecule has 0 saturated carbocycles. The fraction of sp³-hybridized carbons (Fsp3) is 0.462. The minimum absolute atomic E-state index is 0.0375. The van der Waals surface area contributed by atoms with E-state index in [2.05, 4.69) is 0 Å². The summed E-state index contributed by atoms with van der Waals surface area (Å²) in [6.07, 6.45) is -0.486. The van der Waals surface area contributed by atoms with Crippen LogP contribution >= 0.6 is 11.8 Å². The van der Waals surface area contributed by atoms with Crippen LogP contribution in [0.1, 0.15) is 12.0 Å². The molecule has 0 spiro atoms. The Balaban J connectivity index is 2.35. The Bertz CT molecular complexity index is 436. The maximum atomic E-state index is 14.1. The van der Waals surface area contributed by atoms with Crippen molar-refractivity contribution in [2.45, 2.75) is 18.8 Å². The molecule has 1 aliphatic rings. The van der Waals surface area contributed by atoms with Gasteiger partial charge in [-0.1, -0.05) is 30.3 Å². The molecule has 1 aromatic carbocycles. The van der Waals surface area contributed by atoms with Gasteiger partial charge in [-0.05, 0) is 17.7 Å². The van der Waals surface area contributed by atoms with E-state index < -0.39 is 17.3 Å². The number of hydrogen-bond acceptors (Lipinski definition) is 2. The minimum Gasteiger partial charge on any atom is -0.481 e. The van der Waals surface area contributed by atoms with E-state index in [0.29, 0.717) is 11.3 Å². The van der Waals surface area contributed by atoms with Crippen molar-refractivity contribution in [3.63, 3.8) is 0 Å². The second-order valence-corrected chi connectivity index (χ2v) is 5.66. The quantitative estimate of drug-likeness (QED) is 0.918. The number of aliphatic carboxylic acids is 1. The summed E-state index contributed by atoms with van der Waals surface area (Å²) in [4.78, 5) is 11.4. The molecule has 1 aromatic rings. The van der Waals surface area contributed by atoms with Gasteiger partial charge in [0.15, 0.2) is 0 Å². The van der Waals surface area contributed by atoms with Gasteiger partial charge in [-0.25, -0.2) is 8.78 Å². The molecule has 2 rings (SSSR count). The van der Waals surface area contributed by atoms with Gasteiger partial charge in [0.25, 0.3) is 5.92 Å². The van der Waals surface area contributed by atoms with Gasteiger partial charge in [-0.15, -0.1) is 0 Å². The van der Waals surface area contributed by atoms with E-state index in [1.165, 1.54) is 11.8 Å². The Kier molecular flexibility index (Phi) is 3.61. The van der Waals surface area contributed by atoms with Crippen molar-refractivity contribution in [1.29, 1.82) is 0 Å². The Morgan fingerprint density at radius 2 is 2.00 bits per heavy atom. The molecule has 1 unspecified atom stereocenters. The molecule has 98 valence electrons. The van der Waals surface area contributed by atoms with Crippen molar-refractivity contribution < 1.29 is 18.7 Å². The molecule has 0 bridgehead atoms. The number of benzene rings is 1. The Hall–Kier alpha value is -1.10. The largest absolute Gasteiger partial charge is 0.481 e. The third kappa shape index (κ3) is 2.23. The first-order valence-electron chi connectivity index (χ1n) is 5.71. The average Bonchev–Trinajstić information content (AvgIpc) is 2.33. The number of alkyl halides is 2. The molecule has 1 atom stereocenters. The molecule has 5 heteroatoms. The molecule has 18 heavy (non-hydrogen) atoms. The fourth-order valence-corrected chi connectivity index (χ4v) is 3.54. The summed E-state index contributed by atoms with van der Waals surface area (Å²) in [6.45, 7) is 0. The van der Waals surface area contributed by atoms with Crippen molar-refractivity contribution in [2.75, 3.05) is 11.5 Å². The van der Waals surface area contributed by atoms with Crippen molar-refractivity contribution >= 4 is 17.7 Å². The number of hydrogen-bond donors (Lipinski definition) is 1. The number of rotatable bonds is 3. The lowest BCUT2D eigenvalue weighted by molar-refractivity contribution is -0.176. The number of carbonyl (C=O) groups is 1. The topological polar surface area (TPSA) is 37.3 Å². The van der Waals surface area contributed by atoms with Gasteiger partial charge in [0.1, 0.15) is 5.41 Å². The number of halogens is 2. The van der Waals surface area contributed by atoms with Crippen LogP contribution in [-0.2, 0) is 11.2 Å². The summed E-state index contributed by atoms with van der Waals surface area (Å²) in [5.74, 6) is -4.27. The normalized spacial score (nSPS) is 26.8. The summed E-state index contributed by atoms with van der Waals surface area (Å²) >= 11 is 1.29. The van der Waals surface area contributed by atoms with E-state index >= 15 is 0 Å². The Labute approximate surface area is 108 Å². The lowest BCUT2D eigenvalue weighted by atomic mass is 9.76. The zero-order chi connectivity index (χ0) is 13.2. The number of thioether (sulfide) groups is 1. The maximum Gasteiger partial charge on any atom is 0.316 e. The van der Waals surface area contributed by atoms with Crippen molar-refractivity contribution in [2.24, 2.45) is 5.41 Å². The second-order valence-electron chi connectivity index (χ2n) is 4.56. The highest BCUT2D eigenvalue weighted by atomic mass is 32.2. The predicted molar refractivity (Wildman–Crippen MR) is 67.1 cm³/mol. The van der Waals surface area contributed by atoms with E-state index in [9.17, 15) is 18.7 Å². The first-order chi connectivity index (χ1) is 8.48. The van der Waals surface area contributed by atoms with Gasteiger partial charge in [0, 0.05) is 12.2 Å². The standard InChI is InChI=1S/C13H14F2O2S/c14-13(15)6-7-18-9-12(13,11(16)17)8-10-4-2-1-3-5-10/h1-5H,6-9H2,(H,16,17). The summed E-state index contributed by atoms with van der Waals surface area (Å²) in [5, 5.41) is 9.29. The Morgan fingerprint density at radius 3 is 2.56 bits per heavy atom. The van der Waals surface area contributed by atoms with Crippen LogP contribution < -0.4 is 0 Å². The third-order valence-electron chi connectivity index (χ3n) is 3.37. The summed E-state index contributed by atoms with van der Waals surface area (Å²) in [5.41, 5.74) is -1.33. The van der Waals surface area contributed by atoms with Crippen LogP contribution in [0.5, 0.6) is 0 Å². The van der Waals surface area contributed by atoms with Crippen molar-refractivity contribution in [1.82, 2.24) is 0 Å². The fourth-order valence-electron chi connectivity index (χ4n) is 2.21. The molecule has 2 nitrogen and oxygen atoms in total. The monoisotopic (exact) mass is 272 g/mol. The van der Waals surface area contributed by atoms with Crippen molar-refractivity contribution in [3.05, 3.63) is 35.9 Å². The van der Waals surface area contributed by atoms with Crippen LogP contribution in [0.25, 0.3) is 0 Å². The molecule has 1 N–H and O–H groups in total. The molecular weight excluding hydrogens is 258 g/mol. The molecule has 0 aliphatic carbocycles. The van der Waals surface area contributed by atoms with Gasteiger partial charge in [0.2, 0.25) is 0 Å². The second kappa shape index (κ2) is 4.88. The highest BCUT2D eigenvalue weighted by Gasteiger charge is 2.60. The van der Waals surface area contributed by atoms with Gasteiger partial charge >= 0.3 is 5.97 Å². The van der Waals surface area contributed by atoms with Crippen LogP contribution in [0.2, 0.25) is 0 Å². The molecule has 1 fully saturated rings. The molecule has 0 amide bonds. The van der Waals surface area contributed by atoms with Gasteiger partial charge < -0.3 is 5.11 Å². The maximum absolute atomic E-state index is 14.1. The number of carboxylic acid groups (broad SMARTS) is 1.